The molecule has 2 fully saturated rings. The first-order valence-electron chi connectivity index (χ1n) is 12.9. The number of anilines is 2. The Balaban J connectivity index is 1.33. The second kappa shape index (κ2) is 12.6. The highest BCUT2D eigenvalue weighted by Gasteiger charge is 2.32. The monoisotopic (exact) mass is 537 g/mol. The largest absolute Gasteiger partial charge is 0.573 e. The molecule has 0 amide bonds. The second-order valence-electron chi connectivity index (χ2n) is 9.94. The Morgan fingerprint density at radius 2 is 1.87 bits per heavy atom. The number of para-hydroxylation sites is 1. The Morgan fingerprint density at radius 3 is 2.61 bits per heavy atom. The summed E-state index contributed by atoms with van der Waals surface area (Å²) in [6, 6.07) is 6.32. The molecule has 13 heteroatoms. The maximum Gasteiger partial charge on any atom is 0.573 e. The average molecular weight is 538 g/mol. The number of nitrogens with zero attached hydrogens (tertiary/aromatic N) is 5. The highest BCUT2D eigenvalue weighted by molar-refractivity contribution is 5.57. The molecule has 0 radical (unpaired) electrons. The van der Waals surface area contributed by atoms with Crippen LogP contribution in [-0.4, -0.2) is 76.9 Å². The molecule has 2 aliphatic rings. The Morgan fingerprint density at radius 1 is 1.11 bits per heavy atom. The van der Waals surface area contributed by atoms with E-state index in [1.165, 1.54) is 24.6 Å². The molecule has 0 unspecified atom stereocenters. The number of halogens is 3. The number of rotatable bonds is 9. The zero-order chi connectivity index (χ0) is 27.1. The van der Waals surface area contributed by atoms with Crippen LogP contribution in [-0.2, 0) is 6.54 Å². The van der Waals surface area contributed by atoms with Gasteiger partial charge in [0.2, 0.25) is 11.8 Å². The summed E-state index contributed by atoms with van der Waals surface area (Å²) in [6.07, 6.45) is 1.74. The van der Waals surface area contributed by atoms with Crippen molar-refractivity contribution in [2.75, 3.05) is 50.4 Å². The normalized spacial score (nSPS) is 21.5. The molecule has 0 bridgehead atoms. The van der Waals surface area contributed by atoms with E-state index in [9.17, 15) is 23.3 Å². The lowest BCUT2D eigenvalue weighted by molar-refractivity contribution is -0.384. The van der Waals surface area contributed by atoms with Gasteiger partial charge in [-0.1, -0.05) is 18.2 Å². The molecule has 208 valence electrons. The minimum atomic E-state index is -4.82. The number of nitrogens with one attached hydrogen (secondary N) is 2. The zero-order valence-corrected chi connectivity index (χ0v) is 21.4. The molecule has 2 heterocycles. The van der Waals surface area contributed by atoms with E-state index in [1.807, 2.05) is 0 Å². The summed E-state index contributed by atoms with van der Waals surface area (Å²) in [5.74, 6) is 0.189. The summed E-state index contributed by atoms with van der Waals surface area (Å²) >= 11 is 0. The lowest BCUT2D eigenvalue weighted by Crippen LogP contribution is -2.41. The quantitative estimate of drug-likeness (QED) is 0.353. The Kier molecular flexibility index (Phi) is 9.21. The smallest absolute Gasteiger partial charge is 0.405 e. The molecule has 0 spiro atoms. The minimum absolute atomic E-state index is 0.0557. The second-order valence-corrected chi connectivity index (χ2v) is 9.94. The van der Waals surface area contributed by atoms with Gasteiger partial charge in [-0.3, -0.25) is 15.0 Å². The van der Waals surface area contributed by atoms with Crippen LogP contribution in [0.15, 0.2) is 30.5 Å². The maximum atomic E-state index is 12.7. The average Bonchev–Trinajstić information content (AvgIpc) is 3.10. The third-order valence-corrected chi connectivity index (χ3v) is 7.25. The number of nitro groups is 1. The molecule has 38 heavy (non-hydrogen) atoms. The van der Waals surface area contributed by atoms with Crippen LogP contribution in [0.1, 0.15) is 37.7 Å². The molecule has 1 aromatic heterocycles. The summed E-state index contributed by atoms with van der Waals surface area (Å²) in [7, 11) is 2.17. The van der Waals surface area contributed by atoms with Crippen molar-refractivity contribution in [1.82, 2.24) is 19.8 Å². The van der Waals surface area contributed by atoms with Crippen LogP contribution in [0.4, 0.5) is 30.6 Å². The van der Waals surface area contributed by atoms with Gasteiger partial charge in [0.1, 0.15) is 11.9 Å². The van der Waals surface area contributed by atoms with Gasteiger partial charge in [-0.2, -0.15) is 4.98 Å². The van der Waals surface area contributed by atoms with Crippen molar-refractivity contribution in [1.29, 1.82) is 0 Å². The third kappa shape index (κ3) is 7.90. The van der Waals surface area contributed by atoms with Gasteiger partial charge in [0.15, 0.2) is 0 Å². The minimum Gasteiger partial charge on any atom is -0.405 e. The fourth-order valence-corrected chi connectivity index (χ4v) is 5.16. The maximum absolute atomic E-state index is 12.7. The van der Waals surface area contributed by atoms with Crippen LogP contribution >= 0.6 is 0 Å². The van der Waals surface area contributed by atoms with Crippen molar-refractivity contribution in [3.05, 3.63) is 46.1 Å². The molecule has 2 aromatic rings. The van der Waals surface area contributed by atoms with Crippen molar-refractivity contribution in [3.8, 4) is 5.75 Å². The van der Waals surface area contributed by atoms with Crippen LogP contribution in [0.2, 0.25) is 0 Å². The highest BCUT2D eigenvalue weighted by Crippen LogP contribution is 2.30. The standard InChI is InChI=1S/C25H34F3N7O3/c1-33-11-4-12-34(14-13-33)20-9-7-18(8-10-20)15-29-23-21(35(36)37)17-31-24(32-23)30-16-19-5-2-3-6-22(19)38-25(26,27)28/h2-3,5-6,17-18,20H,4,7-16H2,1H3,(H2,29,30,31,32). The highest BCUT2D eigenvalue weighted by atomic mass is 19.4. The van der Waals surface area contributed by atoms with E-state index in [4.69, 9.17) is 0 Å². The van der Waals surface area contributed by atoms with Crippen molar-refractivity contribution in [2.24, 2.45) is 5.92 Å². The van der Waals surface area contributed by atoms with E-state index in [-0.39, 0.29) is 35.3 Å². The number of alkyl halides is 3. The van der Waals surface area contributed by atoms with Crippen molar-refractivity contribution in [2.45, 2.75) is 51.1 Å². The lowest BCUT2D eigenvalue weighted by atomic mass is 9.85. The van der Waals surface area contributed by atoms with Gasteiger partial charge in [0, 0.05) is 37.8 Å². The first-order chi connectivity index (χ1) is 18.2. The summed E-state index contributed by atoms with van der Waals surface area (Å²) in [5.41, 5.74) is -0.00664. The molecule has 1 aromatic carbocycles. The van der Waals surface area contributed by atoms with Crippen LogP contribution in [0, 0.1) is 16.0 Å². The van der Waals surface area contributed by atoms with Gasteiger partial charge in [0.25, 0.3) is 0 Å². The summed E-state index contributed by atoms with van der Waals surface area (Å²) in [5, 5.41) is 17.5. The molecule has 0 atom stereocenters. The first-order valence-corrected chi connectivity index (χ1v) is 12.9. The first kappa shape index (κ1) is 27.8. The Hall–Kier alpha value is -3.19. The van der Waals surface area contributed by atoms with Crippen molar-refractivity contribution < 1.29 is 22.8 Å². The van der Waals surface area contributed by atoms with Gasteiger partial charge in [-0.15, -0.1) is 13.2 Å². The van der Waals surface area contributed by atoms with Gasteiger partial charge < -0.3 is 20.3 Å². The number of benzene rings is 1. The number of aromatic nitrogens is 2. The van der Waals surface area contributed by atoms with E-state index < -0.39 is 11.3 Å². The molecule has 1 aliphatic carbocycles. The molecule has 4 rings (SSSR count). The van der Waals surface area contributed by atoms with Gasteiger partial charge >= 0.3 is 12.0 Å². The van der Waals surface area contributed by atoms with Crippen LogP contribution < -0.4 is 15.4 Å². The van der Waals surface area contributed by atoms with Crippen molar-refractivity contribution in [3.63, 3.8) is 0 Å². The topological polar surface area (TPSA) is 109 Å². The predicted molar refractivity (Wildman–Crippen MR) is 137 cm³/mol. The van der Waals surface area contributed by atoms with Crippen LogP contribution in [0.25, 0.3) is 0 Å². The summed E-state index contributed by atoms with van der Waals surface area (Å²) < 4.78 is 42.2. The van der Waals surface area contributed by atoms with E-state index in [0.717, 1.165) is 58.1 Å². The molecule has 1 saturated heterocycles. The molecule has 10 nitrogen and oxygen atoms in total. The van der Waals surface area contributed by atoms with E-state index >= 15 is 0 Å². The van der Waals surface area contributed by atoms with Crippen LogP contribution in [0.5, 0.6) is 5.75 Å². The lowest BCUT2D eigenvalue weighted by Gasteiger charge is -2.36. The van der Waals surface area contributed by atoms with E-state index in [1.54, 1.807) is 6.07 Å². The van der Waals surface area contributed by atoms with Crippen molar-refractivity contribution >= 4 is 17.5 Å². The predicted octanol–water partition coefficient (Wildman–Crippen LogP) is 4.50. The molecule has 1 saturated carbocycles. The summed E-state index contributed by atoms with van der Waals surface area (Å²) in [4.78, 5) is 24.2. The van der Waals surface area contributed by atoms with Gasteiger partial charge in [0.05, 0.1) is 4.92 Å². The molecule has 1 aliphatic heterocycles. The van der Waals surface area contributed by atoms with E-state index in [0.29, 0.717) is 18.5 Å². The number of hydrogen-bond acceptors (Lipinski definition) is 9. The fraction of sp³-hybridized carbons (Fsp3) is 0.600. The van der Waals surface area contributed by atoms with E-state index in [2.05, 4.69) is 42.2 Å². The molecular weight excluding hydrogens is 503 g/mol. The SMILES string of the molecule is CN1CCCN(C2CCC(CNc3nc(NCc4ccccc4OC(F)(F)F)ncc3[N+](=O)[O-])CC2)CC1. The number of hydrogen-bond donors (Lipinski definition) is 2. The number of likely N-dealkylation sites (N-methyl/N-ethyl adjacent to an activating group) is 1. The third-order valence-electron chi connectivity index (χ3n) is 7.25. The number of ether oxygens (including phenoxy) is 1. The Labute approximate surface area is 219 Å². The van der Waals surface area contributed by atoms with Gasteiger partial charge in [-0.05, 0) is 64.2 Å². The fourth-order valence-electron chi connectivity index (χ4n) is 5.16. The Bertz CT molecular complexity index is 1080. The zero-order valence-electron chi connectivity index (χ0n) is 21.4. The van der Waals surface area contributed by atoms with Crippen LogP contribution in [0.3, 0.4) is 0 Å². The molecule has 2 N–H and O–H groups in total. The summed E-state index contributed by atoms with van der Waals surface area (Å²) in [6.45, 7) is 4.95. The van der Waals surface area contributed by atoms with Gasteiger partial charge in [-0.25, -0.2) is 4.98 Å². The molecular formula is C25H34F3N7O3.